The van der Waals surface area contributed by atoms with Gasteiger partial charge in [0.1, 0.15) is 23.3 Å². The second-order valence-electron chi connectivity index (χ2n) is 8.58. The van der Waals surface area contributed by atoms with Gasteiger partial charge in [-0.1, -0.05) is 29.3 Å². The van der Waals surface area contributed by atoms with Crippen LogP contribution in [0.2, 0.25) is 10.0 Å². The summed E-state index contributed by atoms with van der Waals surface area (Å²) in [6.45, 7) is 0. The Kier molecular flexibility index (Phi) is 7.23. The SMILES string of the molecule is COc1ccc(N2C(=S)N[C@@H](c3ccccn3)[C@@H]2c2ccc(-c3ccc(Cl)cc3Cl)o2)cc1NS(C)(=O)=O. The first kappa shape index (κ1) is 26.3. The molecular weight excluding hydrogens is 567 g/mol. The summed E-state index contributed by atoms with van der Waals surface area (Å²) in [5, 5.41) is 4.76. The van der Waals surface area contributed by atoms with Crippen LogP contribution >= 0.6 is 35.4 Å². The zero-order valence-electron chi connectivity index (χ0n) is 20.2. The Hall–Kier alpha value is -3.31. The van der Waals surface area contributed by atoms with Crippen LogP contribution in [0.15, 0.2) is 77.3 Å². The Morgan fingerprint density at radius 1 is 1.11 bits per heavy atom. The first-order valence-corrected chi connectivity index (χ1v) is 14.4. The van der Waals surface area contributed by atoms with E-state index >= 15 is 0 Å². The second kappa shape index (κ2) is 10.5. The number of halogens is 2. The molecule has 1 saturated heterocycles. The highest BCUT2D eigenvalue weighted by Crippen LogP contribution is 2.45. The standard InChI is InChI=1S/C26H22Cl2N4O4S2/c1-35-22-9-7-16(14-20(22)31-38(2,33)34)32-25(24(30-26(32)37)19-5-3-4-12-29-19)23-11-10-21(36-23)17-8-6-15(27)13-18(17)28/h3-14,24-25,31H,1-2H3,(H,30,37)/t24-,25-/m0/s1. The maximum atomic E-state index is 12.0. The van der Waals surface area contributed by atoms with Crippen molar-refractivity contribution in [3.63, 3.8) is 0 Å². The Morgan fingerprint density at radius 3 is 2.61 bits per heavy atom. The number of ether oxygens (including phenoxy) is 1. The molecule has 0 aliphatic carbocycles. The summed E-state index contributed by atoms with van der Waals surface area (Å²) < 4.78 is 38.3. The third kappa shape index (κ3) is 5.30. The summed E-state index contributed by atoms with van der Waals surface area (Å²) in [6.07, 6.45) is 2.79. The highest BCUT2D eigenvalue weighted by Gasteiger charge is 2.43. The first-order chi connectivity index (χ1) is 18.1. The fourth-order valence-corrected chi connectivity index (χ4v) is 5.80. The molecule has 2 aromatic heterocycles. The van der Waals surface area contributed by atoms with Crippen LogP contribution < -0.4 is 19.7 Å². The van der Waals surface area contributed by atoms with Gasteiger partial charge in [-0.25, -0.2) is 8.42 Å². The quantitative estimate of drug-likeness (QED) is 0.246. The lowest BCUT2D eigenvalue weighted by molar-refractivity contribution is 0.416. The van der Waals surface area contributed by atoms with Gasteiger partial charge in [-0.05, 0) is 72.9 Å². The zero-order valence-corrected chi connectivity index (χ0v) is 23.3. The van der Waals surface area contributed by atoms with E-state index < -0.39 is 16.1 Å². The highest BCUT2D eigenvalue weighted by atomic mass is 35.5. The van der Waals surface area contributed by atoms with Gasteiger partial charge in [-0.2, -0.15) is 0 Å². The lowest BCUT2D eigenvalue weighted by Crippen LogP contribution is -2.29. The lowest BCUT2D eigenvalue weighted by Gasteiger charge is -2.27. The van der Waals surface area contributed by atoms with Gasteiger partial charge in [-0.15, -0.1) is 0 Å². The number of nitrogens with one attached hydrogen (secondary N) is 2. The smallest absolute Gasteiger partial charge is 0.229 e. The molecule has 1 aliphatic heterocycles. The number of pyridine rings is 1. The summed E-state index contributed by atoms with van der Waals surface area (Å²) in [4.78, 5) is 6.41. The number of sulfonamides is 1. The maximum Gasteiger partial charge on any atom is 0.229 e. The van der Waals surface area contributed by atoms with Crippen LogP contribution in [0, 0.1) is 0 Å². The topological polar surface area (TPSA) is 96.7 Å². The summed E-state index contributed by atoms with van der Waals surface area (Å²) in [5.74, 6) is 1.53. The van der Waals surface area contributed by atoms with Crippen LogP contribution in [0.5, 0.6) is 5.75 Å². The number of anilines is 2. The minimum absolute atomic E-state index is 0.281. The Bertz CT molecular complexity index is 1610. The number of hydrogen-bond donors (Lipinski definition) is 2. The second-order valence-corrected chi connectivity index (χ2v) is 11.6. The molecule has 1 aliphatic rings. The number of nitrogens with zero attached hydrogens (tertiary/aromatic N) is 2. The number of aromatic nitrogens is 1. The summed E-state index contributed by atoms with van der Waals surface area (Å²) in [7, 11) is -2.10. The van der Waals surface area contributed by atoms with Crippen LogP contribution in [-0.2, 0) is 10.0 Å². The fraction of sp³-hybridized carbons (Fsp3) is 0.154. The van der Waals surface area contributed by atoms with Gasteiger partial charge in [0.15, 0.2) is 5.11 Å². The summed E-state index contributed by atoms with van der Waals surface area (Å²) in [5.41, 5.74) is 2.36. The van der Waals surface area contributed by atoms with E-state index in [1.165, 1.54) is 7.11 Å². The molecule has 2 atom stereocenters. The molecule has 2 aromatic carbocycles. The van der Waals surface area contributed by atoms with Crippen molar-refractivity contribution in [2.24, 2.45) is 0 Å². The van der Waals surface area contributed by atoms with Crippen molar-refractivity contribution in [1.29, 1.82) is 0 Å². The van der Waals surface area contributed by atoms with Crippen LogP contribution in [0.4, 0.5) is 11.4 Å². The van der Waals surface area contributed by atoms with E-state index in [9.17, 15) is 8.42 Å². The van der Waals surface area contributed by atoms with Crippen molar-refractivity contribution in [3.05, 3.63) is 94.4 Å². The van der Waals surface area contributed by atoms with Crippen LogP contribution in [-0.4, -0.2) is 31.9 Å². The Balaban J connectivity index is 1.62. The largest absolute Gasteiger partial charge is 0.495 e. The van der Waals surface area contributed by atoms with Crippen molar-refractivity contribution in [2.75, 3.05) is 23.0 Å². The Labute approximate surface area is 235 Å². The molecule has 5 rings (SSSR count). The van der Waals surface area contributed by atoms with Crippen molar-refractivity contribution in [1.82, 2.24) is 10.3 Å². The first-order valence-electron chi connectivity index (χ1n) is 11.4. The van der Waals surface area contributed by atoms with Gasteiger partial charge >= 0.3 is 0 Å². The molecule has 0 radical (unpaired) electrons. The third-order valence-electron chi connectivity index (χ3n) is 5.97. The fourth-order valence-electron chi connectivity index (χ4n) is 4.39. The average Bonchev–Trinajstić information content (AvgIpc) is 3.48. The van der Waals surface area contributed by atoms with E-state index in [-0.39, 0.29) is 11.7 Å². The molecule has 4 aromatic rings. The van der Waals surface area contributed by atoms with E-state index in [2.05, 4.69) is 15.0 Å². The van der Waals surface area contributed by atoms with E-state index in [0.717, 1.165) is 11.9 Å². The van der Waals surface area contributed by atoms with Crippen molar-refractivity contribution in [2.45, 2.75) is 12.1 Å². The molecule has 1 fully saturated rings. The van der Waals surface area contributed by atoms with Gasteiger partial charge in [0.2, 0.25) is 10.0 Å². The van der Waals surface area contributed by atoms with E-state index in [0.29, 0.717) is 43.7 Å². The number of furan rings is 1. The maximum absolute atomic E-state index is 12.0. The molecule has 0 saturated carbocycles. The number of rotatable bonds is 7. The molecule has 0 unspecified atom stereocenters. The lowest BCUT2D eigenvalue weighted by atomic mass is 10.0. The van der Waals surface area contributed by atoms with Gasteiger partial charge in [0.05, 0.1) is 35.8 Å². The number of benzene rings is 2. The minimum atomic E-state index is -3.56. The predicted molar refractivity (Wildman–Crippen MR) is 154 cm³/mol. The average molecular weight is 590 g/mol. The van der Waals surface area contributed by atoms with Crippen molar-refractivity contribution < 1.29 is 17.6 Å². The van der Waals surface area contributed by atoms with Crippen LogP contribution in [0.25, 0.3) is 11.3 Å². The van der Waals surface area contributed by atoms with Gasteiger partial charge in [0.25, 0.3) is 0 Å². The molecule has 2 N–H and O–H groups in total. The molecule has 8 nitrogen and oxygen atoms in total. The summed E-state index contributed by atoms with van der Waals surface area (Å²) >= 11 is 18.3. The molecule has 0 spiro atoms. The van der Waals surface area contributed by atoms with Gasteiger partial charge in [-0.3, -0.25) is 9.71 Å². The Morgan fingerprint density at radius 2 is 1.92 bits per heavy atom. The molecule has 3 heterocycles. The molecule has 38 heavy (non-hydrogen) atoms. The summed E-state index contributed by atoms with van der Waals surface area (Å²) in [6, 6.07) is 18.9. The molecule has 0 amide bonds. The molecule has 196 valence electrons. The van der Waals surface area contributed by atoms with E-state index in [1.807, 2.05) is 35.2 Å². The number of methoxy groups -OCH3 is 1. The highest BCUT2D eigenvalue weighted by molar-refractivity contribution is 7.92. The number of thiocarbonyl (C=S) groups is 1. The van der Waals surface area contributed by atoms with Crippen molar-refractivity contribution >= 4 is 61.9 Å². The molecule has 0 bridgehead atoms. The predicted octanol–water partition coefficient (Wildman–Crippen LogP) is 6.21. The van der Waals surface area contributed by atoms with Gasteiger partial charge in [0, 0.05) is 22.5 Å². The van der Waals surface area contributed by atoms with Crippen LogP contribution in [0.1, 0.15) is 23.5 Å². The van der Waals surface area contributed by atoms with E-state index in [4.69, 9.17) is 44.6 Å². The number of hydrogen-bond acceptors (Lipinski definition) is 6. The van der Waals surface area contributed by atoms with Gasteiger partial charge < -0.3 is 19.4 Å². The third-order valence-corrected chi connectivity index (χ3v) is 7.42. The molecule has 12 heteroatoms. The molecular formula is C26H22Cl2N4O4S2. The van der Waals surface area contributed by atoms with Crippen molar-refractivity contribution in [3.8, 4) is 17.1 Å². The zero-order chi connectivity index (χ0) is 27.0. The minimum Gasteiger partial charge on any atom is -0.495 e. The monoisotopic (exact) mass is 588 g/mol. The normalized spacial score (nSPS) is 17.4. The van der Waals surface area contributed by atoms with Crippen LogP contribution in [0.3, 0.4) is 0 Å². The van der Waals surface area contributed by atoms with E-state index in [1.54, 1.807) is 42.6 Å².